The summed E-state index contributed by atoms with van der Waals surface area (Å²) in [5.74, 6) is 3.62. The van der Waals surface area contributed by atoms with Crippen molar-refractivity contribution < 1.29 is 63.8 Å². The Labute approximate surface area is 886 Å². The summed E-state index contributed by atoms with van der Waals surface area (Å²) in [6, 6.07) is 123. The number of aromatic nitrogens is 5. The number of aliphatic hydroxyl groups is 1. The van der Waals surface area contributed by atoms with E-state index in [-0.39, 0.29) is 57.8 Å². The first-order valence-electron chi connectivity index (χ1n) is 49.5. The summed E-state index contributed by atoms with van der Waals surface area (Å²) in [4.78, 5) is 32.8. The number of hydrogen-bond donors (Lipinski definition) is 2. The minimum Gasteiger partial charge on any atom is -0.527 e. The number of rotatable bonds is 11. The Hall–Kier alpha value is -16.3. The number of carbonyl (C=O) groups excluding carboxylic acids is 1. The molecule has 19 aromatic rings. The molecule has 13 heterocycles. The second kappa shape index (κ2) is 45.7. The molecule has 14 aromatic carbocycles. The smallest absolute Gasteiger partial charge is 0.294 e. The molecule has 5 aromatic heterocycles. The number of ether oxygens (including phenoxy) is 1. The van der Waals surface area contributed by atoms with E-state index in [2.05, 4.69) is 382 Å². The summed E-state index contributed by atoms with van der Waals surface area (Å²) in [7, 11) is 2.13. The molecule has 2 atom stereocenters. The number of azo groups is 1. The largest absolute Gasteiger partial charge is 0.527 e. The summed E-state index contributed by atoms with van der Waals surface area (Å²) >= 11 is 0. The van der Waals surface area contributed by atoms with Crippen molar-refractivity contribution in [3.63, 3.8) is 0 Å². The Kier molecular flexibility index (Phi) is 31.3. The number of anilines is 3. The second-order valence-electron chi connectivity index (χ2n) is 37.5. The van der Waals surface area contributed by atoms with E-state index >= 15 is 0 Å². The third kappa shape index (κ3) is 21.8. The van der Waals surface area contributed by atoms with E-state index in [9.17, 15) is 4.79 Å². The van der Waals surface area contributed by atoms with Crippen LogP contribution in [0.25, 0.3) is 122 Å². The van der Waals surface area contributed by atoms with Crippen LogP contribution in [-0.2, 0) is 70.9 Å². The van der Waals surface area contributed by atoms with E-state index in [1.54, 1.807) is 12.4 Å². The van der Waals surface area contributed by atoms with Crippen molar-refractivity contribution >= 4 is 88.5 Å². The number of para-hydroxylation sites is 4. The van der Waals surface area contributed by atoms with Crippen LogP contribution in [0.4, 0.5) is 22.7 Å². The van der Waals surface area contributed by atoms with Crippen molar-refractivity contribution in [2.45, 2.75) is 112 Å². The molecule has 8 aliphatic rings. The maximum Gasteiger partial charge on any atom is 0.294 e. The Bertz CT molecular complexity index is 8170. The molecular formula is C129H112Ir2N12O4-2. The van der Waals surface area contributed by atoms with Crippen LogP contribution in [0.15, 0.2) is 452 Å². The zero-order chi connectivity index (χ0) is 99.6. The molecule has 2 unspecified atom stereocenters. The van der Waals surface area contributed by atoms with Crippen molar-refractivity contribution in [3.05, 3.63) is 500 Å². The summed E-state index contributed by atoms with van der Waals surface area (Å²) in [5, 5.41) is 29.4. The molecule has 0 saturated heterocycles. The maximum absolute atomic E-state index is 10.0. The minimum absolute atomic E-state index is 0. The molecule has 0 saturated carbocycles. The maximum atomic E-state index is 10.0. The topological polar surface area (TPSA) is 157 Å². The fraction of sp³-hybridized carbons (Fsp3) is 0.140. The van der Waals surface area contributed by atoms with Gasteiger partial charge < -0.3 is 44.2 Å². The molecule has 2 N–H and O–H groups in total. The molecule has 27 rings (SSSR count). The second-order valence-corrected chi connectivity index (χ2v) is 37.5. The number of fused-ring (bicyclic) bond motifs is 19. The van der Waals surface area contributed by atoms with Gasteiger partial charge in [0.05, 0.1) is 51.5 Å². The Morgan fingerprint density at radius 1 is 0.537 bits per heavy atom. The number of carbonyl (C=O) groups is 1. The molecule has 0 fully saturated rings. The molecule has 0 spiro atoms. The quantitative estimate of drug-likeness (QED) is 0.0316. The first-order valence-corrected chi connectivity index (χ1v) is 49.5. The molecule has 0 amide bonds. The van der Waals surface area contributed by atoms with Gasteiger partial charge in [-0.3, -0.25) is 14.8 Å². The van der Waals surface area contributed by atoms with Gasteiger partial charge in [-0.15, -0.1) is 83.9 Å². The first-order chi connectivity index (χ1) is 70.9. The van der Waals surface area contributed by atoms with Gasteiger partial charge in [-0.1, -0.05) is 294 Å². The van der Waals surface area contributed by atoms with Crippen molar-refractivity contribution in [1.29, 1.82) is 0 Å². The van der Waals surface area contributed by atoms with Crippen LogP contribution in [-0.4, -0.2) is 65.6 Å². The first kappa shape index (κ1) is 101. The summed E-state index contributed by atoms with van der Waals surface area (Å²) in [6.07, 6.45) is 30.5. The summed E-state index contributed by atoms with van der Waals surface area (Å²) < 4.78 is 16.6. The van der Waals surface area contributed by atoms with Gasteiger partial charge >= 0.3 is 0 Å². The molecule has 0 aliphatic carbocycles. The van der Waals surface area contributed by atoms with Crippen molar-refractivity contribution in [2.24, 2.45) is 10.2 Å². The average molecular weight is 2280 g/mol. The van der Waals surface area contributed by atoms with E-state index < -0.39 is 0 Å². The number of hydrogen-bond acceptors (Lipinski definition) is 14. The number of ketones is 1. The van der Waals surface area contributed by atoms with Crippen molar-refractivity contribution in [3.8, 4) is 67.6 Å². The van der Waals surface area contributed by atoms with Gasteiger partial charge in [0, 0.05) is 165 Å². The SMILES string of the molecule is C1=CC2=CN3c4ccccc4CC3N2C=C1.C=C1Oc2ccccc2[C-]=C1c1ccccn1.CC(=O)C=C(C)O.CC(C)N=Nc1c2c3c(cccc3c3ccccc13)CN2.CC(C)c1cccc(C(C)C)c1-n1cc[n+]2c1-c1ccccc1C2.CN1C=CN2c3c(ccc4c3oc3ccccc34)CC12.[Ir].[Ir].[c-]1ccccc1-c1cc(-c2ccccc2)c2cc(-c3ccccc3)ccc2n1.[c-]1ccccc1-c1ccccn1. The van der Waals surface area contributed by atoms with E-state index in [1.807, 2.05) is 141 Å². The van der Waals surface area contributed by atoms with Gasteiger partial charge in [0.2, 0.25) is 0 Å². The third-order valence-corrected chi connectivity index (χ3v) is 26.7. The number of imidazole rings is 1. The van der Waals surface area contributed by atoms with Crippen LogP contribution >= 0.6 is 0 Å². The molecule has 147 heavy (non-hydrogen) atoms. The zero-order valence-corrected chi connectivity index (χ0v) is 88.2. The van der Waals surface area contributed by atoms with Crippen LogP contribution in [0.5, 0.6) is 5.75 Å². The van der Waals surface area contributed by atoms with E-state index in [0.717, 1.165) is 110 Å². The standard InChI is InChI=1S/C27H18N.C22H25N2.C18H17N3.C17H14N2O.C15H10NO.C14H12N2.C11H8N.C5H8O2.2Ir/c1-4-10-20(11-5-1)23-16-17-26-25(18-23)24(21-12-6-2-7-13-21)19-27(28-26)22-14-8-3-9-15-22;1-15(2)18-10-7-11-19(16(3)4)21(18)24-13-12-23-14-17-8-5-6-9-20(17)22(23)24;1-11(2)20-21-17-15-8-4-3-7-13(15)14-9-5-6-12-10-19-18(17)16(12)14;1-18-8-9-19-15(18)10-11-6-7-13-12-4-2-3-5-14(12)20-17(13)16(11)19;1-11-13(14-7-4-5-9-16-14)10-12-6-2-3-8-15(12)17-11;1-2-7-13-11(5-1)9-14-15-8-4-3-6-12(15)10-16(13)14;1-2-6-10(7-3-1)11-8-4-5-9-12-11;1-4(6)3-5(2)7;;/h1-14,16-19H;5-13,15-16H,14H2,1-4H3;3-9,11,19H,10H2,1-2H3;2-9,15H,10H2,1H3;2-9H,1H2;1-8,10,14H,9H2;1-6,8-9H;3,6H,1-2H3;;/q-1;+1;;;-1;;-1;;;. The predicted octanol–water partition coefficient (Wildman–Crippen LogP) is 30.6. The van der Waals surface area contributed by atoms with Crippen LogP contribution < -0.4 is 24.4 Å². The van der Waals surface area contributed by atoms with Crippen LogP contribution in [0.3, 0.4) is 0 Å². The number of aliphatic hydroxyl groups excluding tert-OH is 1. The van der Waals surface area contributed by atoms with E-state index in [0.29, 0.717) is 29.9 Å². The van der Waals surface area contributed by atoms with Gasteiger partial charge in [-0.2, -0.15) is 14.8 Å². The summed E-state index contributed by atoms with van der Waals surface area (Å²) in [5.41, 5.74) is 31.4. The van der Waals surface area contributed by atoms with Gasteiger partial charge in [0.25, 0.3) is 5.82 Å². The monoisotopic (exact) mass is 2280 g/mol. The molecule has 18 heteroatoms. The van der Waals surface area contributed by atoms with Crippen LogP contribution in [0, 0.1) is 18.2 Å². The van der Waals surface area contributed by atoms with Crippen molar-refractivity contribution in [1.82, 2.24) is 29.3 Å². The van der Waals surface area contributed by atoms with Crippen LogP contribution in [0.1, 0.15) is 112 Å². The number of pyridine rings is 3. The van der Waals surface area contributed by atoms with Crippen LogP contribution in [0.2, 0.25) is 0 Å². The fourth-order valence-electron chi connectivity index (χ4n) is 19.9. The van der Waals surface area contributed by atoms with Gasteiger partial charge in [-0.05, 0) is 155 Å². The van der Waals surface area contributed by atoms with Gasteiger partial charge in [-0.25, -0.2) is 4.57 Å². The number of allylic oxidation sites excluding steroid dienone is 6. The predicted molar refractivity (Wildman–Crippen MR) is 591 cm³/mol. The van der Waals surface area contributed by atoms with Gasteiger partial charge in [0.1, 0.15) is 48.2 Å². The number of benzene rings is 14. The van der Waals surface area contributed by atoms with Crippen molar-refractivity contribution in [2.75, 3.05) is 22.2 Å². The number of furan rings is 1. The number of likely N-dealkylation sites (N-methyl/N-ethyl adjacent to an activating group) is 1. The Morgan fingerprint density at radius 2 is 1.17 bits per heavy atom. The van der Waals surface area contributed by atoms with E-state index in [1.165, 1.54) is 137 Å². The normalized spacial score (nSPS) is 14.4. The number of nitrogens with zero attached hydrogens (tertiary/aromatic N) is 11. The molecule has 0 bridgehead atoms. The minimum atomic E-state index is -0.125. The fourth-order valence-corrected chi connectivity index (χ4v) is 19.9. The molecule has 732 valence electrons. The molecule has 8 aliphatic heterocycles. The number of nitrogens with one attached hydrogen (secondary N) is 1. The molecule has 16 nitrogen and oxygen atoms in total. The third-order valence-electron chi connectivity index (χ3n) is 26.7. The summed E-state index contributed by atoms with van der Waals surface area (Å²) in [6.45, 7) is 21.8. The Balaban J connectivity index is 0.000000112. The van der Waals surface area contributed by atoms with E-state index in [4.69, 9.17) is 19.2 Å². The van der Waals surface area contributed by atoms with Gasteiger partial charge in [0.15, 0.2) is 11.4 Å². The Morgan fingerprint density at radius 3 is 1.87 bits per heavy atom. The zero-order valence-electron chi connectivity index (χ0n) is 83.4. The molecule has 2 radical (unpaired) electrons. The molecular weight excluding hydrogens is 2170 g/mol. The average Bonchev–Trinajstić information content (AvgIpc) is 1.51.